The second kappa shape index (κ2) is 5.11. The highest BCUT2D eigenvalue weighted by Crippen LogP contribution is 2.27. The predicted molar refractivity (Wildman–Crippen MR) is 72.2 cm³/mol. The molecule has 3 rings (SSSR count). The van der Waals surface area contributed by atoms with Gasteiger partial charge >= 0.3 is 0 Å². The summed E-state index contributed by atoms with van der Waals surface area (Å²) in [7, 11) is 0. The number of nitrogens with zero attached hydrogens (tertiary/aromatic N) is 2. The Balaban J connectivity index is 1.78. The number of piperidine rings is 1. The van der Waals surface area contributed by atoms with Gasteiger partial charge in [-0.15, -0.1) is 0 Å². The van der Waals surface area contributed by atoms with Gasteiger partial charge in [-0.1, -0.05) is 0 Å². The minimum Gasteiger partial charge on any atom is -0.331 e. The van der Waals surface area contributed by atoms with E-state index in [4.69, 9.17) is 4.98 Å². The number of hydrogen-bond donors (Lipinski definition) is 1. The minimum absolute atomic E-state index is 0.782. The average Bonchev–Trinajstić information content (AvgIpc) is 2.69. The molecule has 3 heterocycles. The van der Waals surface area contributed by atoms with Gasteiger partial charge in [0.2, 0.25) is 0 Å². The van der Waals surface area contributed by atoms with Crippen LogP contribution in [0.1, 0.15) is 37.2 Å². The molecule has 1 aromatic rings. The minimum atomic E-state index is 0.782. The lowest BCUT2D eigenvalue weighted by Crippen LogP contribution is -2.31. The van der Waals surface area contributed by atoms with Crippen molar-refractivity contribution in [1.29, 1.82) is 0 Å². The number of halogens is 1. The van der Waals surface area contributed by atoms with Crippen LogP contribution in [-0.4, -0.2) is 22.6 Å². The number of fused-ring (bicyclic) bond motifs is 1. The molecule has 0 aromatic carbocycles. The zero-order chi connectivity index (χ0) is 11.7. The van der Waals surface area contributed by atoms with Gasteiger partial charge in [0.25, 0.3) is 0 Å². The van der Waals surface area contributed by atoms with E-state index >= 15 is 0 Å². The van der Waals surface area contributed by atoms with Crippen LogP contribution in [0.4, 0.5) is 0 Å². The molecular weight excluding hydrogens is 278 g/mol. The summed E-state index contributed by atoms with van der Waals surface area (Å²) < 4.78 is 3.55. The van der Waals surface area contributed by atoms with Gasteiger partial charge < -0.3 is 9.88 Å². The lowest BCUT2D eigenvalue weighted by Gasteiger charge is -2.23. The molecule has 0 radical (unpaired) electrons. The lowest BCUT2D eigenvalue weighted by atomic mass is 9.96. The summed E-state index contributed by atoms with van der Waals surface area (Å²) in [6.07, 6.45) is 7.63. The Labute approximate surface area is 111 Å². The number of hydrogen-bond acceptors (Lipinski definition) is 2. The zero-order valence-corrected chi connectivity index (χ0v) is 11.8. The van der Waals surface area contributed by atoms with E-state index in [0.29, 0.717) is 0 Å². The average molecular weight is 298 g/mol. The second-order valence-corrected chi connectivity index (χ2v) is 6.04. The molecule has 0 saturated carbocycles. The predicted octanol–water partition coefficient (Wildman–Crippen LogP) is 2.52. The molecule has 1 fully saturated rings. The van der Waals surface area contributed by atoms with E-state index in [1.54, 1.807) is 0 Å². The molecule has 2 aliphatic heterocycles. The van der Waals surface area contributed by atoms with Gasteiger partial charge in [0, 0.05) is 13.0 Å². The Kier molecular flexibility index (Phi) is 3.52. The number of aromatic nitrogens is 2. The highest BCUT2D eigenvalue weighted by atomic mass is 79.9. The Bertz CT molecular complexity index is 394. The molecule has 0 spiro atoms. The molecule has 1 atom stereocenters. The molecule has 1 N–H and O–H groups in total. The van der Waals surface area contributed by atoms with Gasteiger partial charge in [-0.2, -0.15) is 0 Å². The van der Waals surface area contributed by atoms with Crippen molar-refractivity contribution < 1.29 is 0 Å². The van der Waals surface area contributed by atoms with Crippen LogP contribution in [0.3, 0.4) is 0 Å². The fourth-order valence-electron chi connectivity index (χ4n) is 3.08. The summed E-state index contributed by atoms with van der Waals surface area (Å²) in [6, 6.07) is 0. The van der Waals surface area contributed by atoms with E-state index in [9.17, 15) is 0 Å². The molecule has 1 saturated heterocycles. The van der Waals surface area contributed by atoms with E-state index in [1.807, 2.05) is 0 Å². The standard InChI is InChI=1S/C13H20BrN3/c14-13-11-5-1-2-7-17(11)12(16-13)8-10-4-3-6-15-9-10/h10,15H,1-9H2. The fourth-order valence-corrected chi connectivity index (χ4v) is 3.70. The Morgan fingerprint density at radius 2 is 2.29 bits per heavy atom. The first kappa shape index (κ1) is 11.7. The van der Waals surface area contributed by atoms with Crippen LogP contribution in [0.15, 0.2) is 4.60 Å². The third-order valence-corrected chi connectivity index (χ3v) is 4.65. The molecule has 3 nitrogen and oxygen atoms in total. The van der Waals surface area contributed by atoms with Crippen LogP contribution in [0, 0.1) is 5.92 Å². The van der Waals surface area contributed by atoms with Crippen molar-refractivity contribution in [3.63, 3.8) is 0 Å². The quantitative estimate of drug-likeness (QED) is 0.909. The van der Waals surface area contributed by atoms with Crippen LogP contribution in [0.5, 0.6) is 0 Å². The Morgan fingerprint density at radius 1 is 1.35 bits per heavy atom. The molecule has 1 unspecified atom stereocenters. The third kappa shape index (κ3) is 2.43. The highest BCUT2D eigenvalue weighted by Gasteiger charge is 2.21. The number of rotatable bonds is 2. The second-order valence-electron chi connectivity index (χ2n) is 5.29. The molecule has 0 amide bonds. The van der Waals surface area contributed by atoms with Crippen molar-refractivity contribution in [3.8, 4) is 0 Å². The number of imidazole rings is 1. The first-order chi connectivity index (χ1) is 8.34. The SMILES string of the molecule is Brc1nc(CC2CCCNC2)n2c1CCCC2. The van der Waals surface area contributed by atoms with Crippen LogP contribution in [0.2, 0.25) is 0 Å². The van der Waals surface area contributed by atoms with Crippen LogP contribution in [0.25, 0.3) is 0 Å². The topological polar surface area (TPSA) is 29.9 Å². The third-order valence-electron chi connectivity index (χ3n) is 4.02. The van der Waals surface area contributed by atoms with Crippen LogP contribution >= 0.6 is 15.9 Å². The summed E-state index contributed by atoms with van der Waals surface area (Å²) in [5.74, 6) is 2.09. The normalized spacial score (nSPS) is 24.6. The van der Waals surface area contributed by atoms with Crippen molar-refractivity contribution in [2.24, 2.45) is 5.92 Å². The monoisotopic (exact) mass is 297 g/mol. The maximum atomic E-state index is 4.74. The summed E-state index contributed by atoms with van der Waals surface area (Å²) in [5, 5.41) is 3.49. The van der Waals surface area contributed by atoms with Crippen LogP contribution < -0.4 is 5.32 Å². The van der Waals surface area contributed by atoms with Crippen molar-refractivity contribution in [3.05, 3.63) is 16.1 Å². The fraction of sp³-hybridized carbons (Fsp3) is 0.769. The number of nitrogens with one attached hydrogen (secondary N) is 1. The van der Waals surface area contributed by atoms with Gasteiger partial charge in [-0.25, -0.2) is 4.98 Å². The largest absolute Gasteiger partial charge is 0.331 e. The van der Waals surface area contributed by atoms with Gasteiger partial charge in [0.15, 0.2) is 0 Å². The Hall–Kier alpha value is -0.350. The van der Waals surface area contributed by atoms with Crippen molar-refractivity contribution in [1.82, 2.24) is 14.9 Å². The van der Waals surface area contributed by atoms with Gasteiger partial charge in [-0.3, -0.25) is 0 Å². The maximum absolute atomic E-state index is 4.74. The molecule has 0 bridgehead atoms. The molecule has 4 heteroatoms. The van der Waals surface area contributed by atoms with E-state index in [0.717, 1.165) is 16.9 Å². The van der Waals surface area contributed by atoms with E-state index in [1.165, 1.54) is 63.3 Å². The van der Waals surface area contributed by atoms with Gasteiger partial charge in [0.1, 0.15) is 10.4 Å². The lowest BCUT2D eigenvalue weighted by molar-refractivity contribution is 0.363. The summed E-state index contributed by atoms with van der Waals surface area (Å²) in [5.41, 5.74) is 1.43. The molecule has 0 aliphatic carbocycles. The molecular formula is C13H20BrN3. The van der Waals surface area contributed by atoms with Gasteiger partial charge in [0.05, 0.1) is 5.69 Å². The summed E-state index contributed by atoms with van der Waals surface area (Å²) in [4.78, 5) is 4.74. The molecule has 17 heavy (non-hydrogen) atoms. The zero-order valence-electron chi connectivity index (χ0n) is 10.2. The summed E-state index contributed by atoms with van der Waals surface area (Å²) >= 11 is 3.62. The summed E-state index contributed by atoms with van der Waals surface area (Å²) in [6.45, 7) is 3.53. The van der Waals surface area contributed by atoms with Crippen molar-refractivity contribution in [2.75, 3.05) is 13.1 Å². The van der Waals surface area contributed by atoms with Gasteiger partial charge in [-0.05, 0) is 67.0 Å². The van der Waals surface area contributed by atoms with Crippen molar-refractivity contribution in [2.45, 2.75) is 45.1 Å². The molecule has 94 valence electrons. The first-order valence-corrected chi connectivity index (χ1v) is 7.58. The van der Waals surface area contributed by atoms with E-state index in [-0.39, 0.29) is 0 Å². The maximum Gasteiger partial charge on any atom is 0.127 e. The van der Waals surface area contributed by atoms with Crippen LogP contribution in [-0.2, 0) is 19.4 Å². The Morgan fingerprint density at radius 3 is 3.12 bits per heavy atom. The smallest absolute Gasteiger partial charge is 0.127 e. The first-order valence-electron chi connectivity index (χ1n) is 6.79. The van der Waals surface area contributed by atoms with Crippen molar-refractivity contribution >= 4 is 15.9 Å². The molecule has 1 aromatic heterocycles. The van der Waals surface area contributed by atoms with E-state index in [2.05, 4.69) is 25.8 Å². The molecule has 2 aliphatic rings. The highest BCUT2D eigenvalue weighted by molar-refractivity contribution is 9.10. The van der Waals surface area contributed by atoms with E-state index < -0.39 is 0 Å².